The summed E-state index contributed by atoms with van der Waals surface area (Å²) in [5.74, 6) is -0.229. The number of halogens is 1. The number of thiazole rings is 1. The minimum absolute atomic E-state index is 0.229. The van der Waals surface area contributed by atoms with E-state index in [1.807, 2.05) is 61.5 Å². The third kappa shape index (κ3) is 3.78. The first-order valence-corrected chi connectivity index (χ1v) is 9.34. The van der Waals surface area contributed by atoms with Crippen molar-refractivity contribution < 1.29 is 4.79 Å². The van der Waals surface area contributed by atoms with E-state index in [4.69, 9.17) is 11.6 Å². The Balaban J connectivity index is 2.04. The number of benzene rings is 2. The number of carbonyl (C=O) groups excluding carboxylic acids is 1. The molecule has 0 fully saturated rings. The molecule has 0 aliphatic carbocycles. The molecule has 3 rings (SSSR count). The zero-order valence-corrected chi connectivity index (χ0v) is 16.1. The molecule has 1 amide bonds. The number of carbonyl (C=O) groups is 1. The lowest BCUT2D eigenvalue weighted by Gasteiger charge is -2.11. The van der Waals surface area contributed by atoms with E-state index in [1.54, 1.807) is 0 Å². The van der Waals surface area contributed by atoms with Crippen LogP contribution in [-0.2, 0) is 6.54 Å². The molecular weight excluding hydrogens is 354 g/mol. The Bertz CT molecular complexity index is 970. The smallest absolute Gasteiger partial charge is 0.279 e. The molecule has 0 N–H and O–H groups in total. The molecule has 0 saturated heterocycles. The molecule has 0 unspecified atom stereocenters. The van der Waals surface area contributed by atoms with Crippen molar-refractivity contribution in [1.29, 1.82) is 0 Å². The normalized spacial score (nSPS) is 11.9. The molecule has 2 aromatic carbocycles. The fraction of sp³-hybridized carbons (Fsp3) is 0.263. The molecule has 0 atom stereocenters. The molecule has 0 aliphatic heterocycles. The van der Waals surface area contributed by atoms with Gasteiger partial charge in [0.2, 0.25) is 0 Å². The minimum Gasteiger partial charge on any atom is -0.378 e. The SMILES string of the molecule is CCCn1c(=NC(=O)c2ccc(N(C)C)cc2)sc2cc(Cl)ccc21. The molecule has 1 aromatic heterocycles. The molecule has 1 heterocycles. The van der Waals surface area contributed by atoms with Gasteiger partial charge in [-0.3, -0.25) is 4.79 Å². The van der Waals surface area contributed by atoms with Crippen LogP contribution >= 0.6 is 22.9 Å². The van der Waals surface area contributed by atoms with Crippen LogP contribution in [0, 0.1) is 0 Å². The Morgan fingerprint density at radius 2 is 1.92 bits per heavy atom. The Hall–Kier alpha value is -2.11. The number of aryl methyl sites for hydroxylation is 1. The van der Waals surface area contributed by atoms with Gasteiger partial charge in [-0.2, -0.15) is 4.99 Å². The Morgan fingerprint density at radius 3 is 2.56 bits per heavy atom. The maximum atomic E-state index is 12.6. The number of amides is 1. The highest BCUT2D eigenvalue weighted by atomic mass is 35.5. The van der Waals surface area contributed by atoms with Crippen molar-refractivity contribution in [3.63, 3.8) is 0 Å². The van der Waals surface area contributed by atoms with Crippen LogP contribution in [0.4, 0.5) is 5.69 Å². The van der Waals surface area contributed by atoms with Gasteiger partial charge in [0, 0.05) is 36.9 Å². The fourth-order valence-corrected chi connectivity index (χ4v) is 3.96. The van der Waals surface area contributed by atoms with Gasteiger partial charge in [0.25, 0.3) is 5.91 Å². The van der Waals surface area contributed by atoms with Crippen LogP contribution in [0.2, 0.25) is 5.02 Å². The molecule has 0 radical (unpaired) electrons. The highest BCUT2D eigenvalue weighted by molar-refractivity contribution is 7.16. The summed E-state index contributed by atoms with van der Waals surface area (Å²) >= 11 is 7.59. The number of aromatic nitrogens is 1. The summed E-state index contributed by atoms with van der Waals surface area (Å²) in [7, 11) is 3.94. The molecule has 0 bridgehead atoms. The van der Waals surface area contributed by atoms with Crippen LogP contribution in [0.1, 0.15) is 23.7 Å². The number of anilines is 1. The Kier molecular flexibility index (Phi) is 5.25. The topological polar surface area (TPSA) is 37.6 Å². The van der Waals surface area contributed by atoms with Crippen molar-refractivity contribution in [2.24, 2.45) is 4.99 Å². The van der Waals surface area contributed by atoms with E-state index in [2.05, 4.69) is 16.5 Å². The van der Waals surface area contributed by atoms with E-state index in [1.165, 1.54) is 11.3 Å². The average Bonchev–Trinajstić information content (AvgIpc) is 2.91. The first-order chi connectivity index (χ1) is 12.0. The molecule has 3 aromatic rings. The predicted molar refractivity (Wildman–Crippen MR) is 106 cm³/mol. The van der Waals surface area contributed by atoms with Crippen molar-refractivity contribution in [2.75, 3.05) is 19.0 Å². The lowest BCUT2D eigenvalue weighted by molar-refractivity contribution is 0.0998. The van der Waals surface area contributed by atoms with Crippen LogP contribution in [0.3, 0.4) is 0 Å². The van der Waals surface area contributed by atoms with E-state index < -0.39 is 0 Å². The lowest BCUT2D eigenvalue weighted by Crippen LogP contribution is -2.17. The first-order valence-electron chi connectivity index (χ1n) is 8.15. The Morgan fingerprint density at radius 1 is 1.20 bits per heavy atom. The third-order valence-electron chi connectivity index (χ3n) is 3.92. The van der Waals surface area contributed by atoms with Gasteiger partial charge in [0.15, 0.2) is 4.80 Å². The zero-order chi connectivity index (χ0) is 18.0. The summed E-state index contributed by atoms with van der Waals surface area (Å²) < 4.78 is 3.12. The number of rotatable bonds is 4. The van der Waals surface area contributed by atoms with Gasteiger partial charge in [-0.05, 0) is 48.9 Å². The number of hydrogen-bond donors (Lipinski definition) is 0. The van der Waals surface area contributed by atoms with Crippen LogP contribution in [-0.4, -0.2) is 24.6 Å². The summed E-state index contributed by atoms with van der Waals surface area (Å²) in [4.78, 5) is 19.7. The Labute approximate surface area is 156 Å². The number of fused-ring (bicyclic) bond motifs is 1. The van der Waals surface area contributed by atoms with Crippen molar-refractivity contribution in [3.8, 4) is 0 Å². The largest absolute Gasteiger partial charge is 0.378 e. The second kappa shape index (κ2) is 7.42. The average molecular weight is 374 g/mol. The predicted octanol–water partition coefficient (Wildman–Crippen LogP) is 4.57. The summed E-state index contributed by atoms with van der Waals surface area (Å²) in [5.41, 5.74) is 2.70. The lowest BCUT2D eigenvalue weighted by atomic mass is 10.2. The molecule has 0 saturated carbocycles. The molecule has 130 valence electrons. The number of hydrogen-bond acceptors (Lipinski definition) is 3. The van der Waals surface area contributed by atoms with Gasteiger partial charge in [-0.15, -0.1) is 0 Å². The van der Waals surface area contributed by atoms with Gasteiger partial charge in [0.1, 0.15) is 0 Å². The first kappa shape index (κ1) is 17.7. The summed E-state index contributed by atoms with van der Waals surface area (Å²) in [5, 5.41) is 0.689. The van der Waals surface area contributed by atoms with Gasteiger partial charge >= 0.3 is 0 Å². The van der Waals surface area contributed by atoms with Crippen LogP contribution < -0.4 is 9.70 Å². The highest BCUT2D eigenvalue weighted by Crippen LogP contribution is 2.22. The van der Waals surface area contributed by atoms with Gasteiger partial charge in [0.05, 0.1) is 10.2 Å². The van der Waals surface area contributed by atoms with E-state index in [-0.39, 0.29) is 5.91 Å². The van der Waals surface area contributed by atoms with E-state index in [0.29, 0.717) is 15.4 Å². The molecule has 0 aliphatic rings. The molecule has 6 heteroatoms. The van der Waals surface area contributed by atoms with Gasteiger partial charge < -0.3 is 9.47 Å². The van der Waals surface area contributed by atoms with Crippen LogP contribution in [0.15, 0.2) is 47.5 Å². The van der Waals surface area contributed by atoms with E-state index in [0.717, 1.165) is 28.9 Å². The van der Waals surface area contributed by atoms with E-state index >= 15 is 0 Å². The van der Waals surface area contributed by atoms with Crippen LogP contribution in [0.25, 0.3) is 10.2 Å². The third-order valence-corrected chi connectivity index (χ3v) is 5.20. The van der Waals surface area contributed by atoms with Crippen LogP contribution in [0.5, 0.6) is 0 Å². The van der Waals surface area contributed by atoms with Gasteiger partial charge in [-0.25, -0.2) is 0 Å². The summed E-state index contributed by atoms with van der Waals surface area (Å²) in [6.45, 7) is 2.92. The second-order valence-electron chi connectivity index (χ2n) is 6.01. The standard InChI is InChI=1S/C19H20ClN3OS/c1-4-11-23-16-10-7-14(20)12-17(16)25-19(23)21-18(24)13-5-8-15(9-6-13)22(2)3/h5-10,12H,4,11H2,1-3H3. The van der Waals surface area contributed by atoms with Crippen molar-refractivity contribution >= 4 is 44.7 Å². The van der Waals surface area contributed by atoms with Crippen molar-refractivity contribution in [2.45, 2.75) is 19.9 Å². The monoisotopic (exact) mass is 373 g/mol. The number of nitrogens with zero attached hydrogens (tertiary/aromatic N) is 3. The fourth-order valence-electron chi connectivity index (χ4n) is 2.63. The van der Waals surface area contributed by atoms with Crippen molar-refractivity contribution in [1.82, 2.24) is 4.57 Å². The molecular formula is C19H20ClN3OS. The zero-order valence-electron chi connectivity index (χ0n) is 14.5. The maximum Gasteiger partial charge on any atom is 0.279 e. The summed E-state index contributed by atoms with van der Waals surface area (Å²) in [6, 6.07) is 13.3. The molecule has 4 nitrogen and oxygen atoms in total. The quantitative estimate of drug-likeness (QED) is 0.671. The highest BCUT2D eigenvalue weighted by Gasteiger charge is 2.09. The van der Waals surface area contributed by atoms with Gasteiger partial charge in [-0.1, -0.05) is 29.9 Å². The van der Waals surface area contributed by atoms with Crippen molar-refractivity contribution in [3.05, 3.63) is 57.9 Å². The second-order valence-corrected chi connectivity index (χ2v) is 7.45. The molecule has 25 heavy (non-hydrogen) atoms. The summed E-state index contributed by atoms with van der Waals surface area (Å²) in [6.07, 6.45) is 0.966. The van der Waals surface area contributed by atoms with E-state index in [9.17, 15) is 4.79 Å². The minimum atomic E-state index is -0.229. The maximum absolute atomic E-state index is 12.6. The molecule has 0 spiro atoms.